The Balaban J connectivity index is 1.41. The highest BCUT2D eigenvalue weighted by Gasteiger charge is 2.33. The fraction of sp³-hybridized carbons (Fsp3) is 0.370. The van der Waals surface area contributed by atoms with Crippen molar-refractivity contribution < 1.29 is 13.2 Å². The summed E-state index contributed by atoms with van der Waals surface area (Å²) < 4.78 is 27.9. The number of sulfonamides is 1. The molecule has 0 bridgehead atoms. The maximum absolute atomic E-state index is 13.2. The predicted octanol–water partition coefficient (Wildman–Crippen LogP) is 5.35. The Morgan fingerprint density at radius 3 is 2.18 bits per heavy atom. The van der Waals surface area contributed by atoms with Crippen LogP contribution in [0.5, 0.6) is 0 Å². The van der Waals surface area contributed by atoms with Gasteiger partial charge in [-0.05, 0) is 53.0 Å². The topological polar surface area (TPSA) is 66.5 Å². The lowest BCUT2D eigenvalue weighted by atomic mass is 9.87. The van der Waals surface area contributed by atoms with E-state index in [4.69, 9.17) is 0 Å². The molecule has 1 atom stereocenters. The molecule has 5 nitrogen and oxygen atoms in total. The molecule has 1 N–H and O–H groups in total. The summed E-state index contributed by atoms with van der Waals surface area (Å²) in [7, 11) is -3.57. The molecule has 0 aliphatic carbocycles. The lowest BCUT2D eigenvalue weighted by Gasteiger charge is -2.31. The zero-order chi connectivity index (χ0) is 24.3. The maximum Gasteiger partial charge on any atom is 0.243 e. The first-order chi connectivity index (χ1) is 16.2. The van der Waals surface area contributed by atoms with Crippen molar-refractivity contribution in [3.8, 4) is 0 Å². The van der Waals surface area contributed by atoms with E-state index in [9.17, 15) is 13.2 Å². The van der Waals surface area contributed by atoms with Crippen molar-refractivity contribution in [2.45, 2.75) is 50.0 Å². The van der Waals surface area contributed by atoms with Crippen LogP contribution in [0.3, 0.4) is 0 Å². The summed E-state index contributed by atoms with van der Waals surface area (Å²) in [6.45, 7) is 7.00. The highest BCUT2D eigenvalue weighted by molar-refractivity contribution is 7.89. The van der Waals surface area contributed by atoms with E-state index >= 15 is 0 Å². The Labute approximate surface area is 206 Å². The van der Waals surface area contributed by atoms with E-state index in [-0.39, 0.29) is 23.3 Å². The predicted molar refractivity (Wildman–Crippen MR) is 137 cm³/mol. The molecule has 0 saturated carbocycles. The Kier molecular flexibility index (Phi) is 7.26. The Morgan fingerprint density at radius 2 is 1.62 bits per heavy atom. The van der Waals surface area contributed by atoms with Crippen LogP contribution in [0, 0.1) is 5.92 Å². The SMILES string of the molecule is CC(C)(C)c1ccc(S(=O)(=O)N2CCC(C(=O)NC(c3ccccc3)c3cccs3)CC2)cc1. The summed E-state index contributed by atoms with van der Waals surface area (Å²) >= 11 is 1.62. The zero-order valence-corrected chi connectivity index (χ0v) is 21.5. The molecule has 180 valence electrons. The van der Waals surface area contributed by atoms with Gasteiger partial charge in [-0.25, -0.2) is 8.42 Å². The number of amides is 1. The van der Waals surface area contributed by atoms with E-state index < -0.39 is 10.0 Å². The molecule has 34 heavy (non-hydrogen) atoms. The third-order valence-electron chi connectivity index (χ3n) is 6.43. The van der Waals surface area contributed by atoms with Crippen molar-refractivity contribution in [1.82, 2.24) is 9.62 Å². The Bertz CT molecular complexity index is 1190. The summed E-state index contributed by atoms with van der Waals surface area (Å²) in [4.78, 5) is 14.6. The summed E-state index contributed by atoms with van der Waals surface area (Å²) in [5.41, 5.74) is 2.10. The van der Waals surface area contributed by atoms with Crippen LogP contribution in [-0.2, 0) is 20.2 Å². The van der Waals surface area contributed by atoms with Gasteiger partial charge in [0, 0.05) is 23.9 Å². The van der Waals surface area contributed by atoms with Crippen molar-refractivity contribution in [3.05, 3.63) is 88.1 Å². The molecule has 1 aliphatic heterocycles. The molecule has 3 aromatic rings. The molecular formula is C27H32N2O3S2. The number of carbonyl (C=O) groups excluding carboxylic acids is 1. The Morgan fingerprint density at radius 1 is 0.971 bits per heavy atom. The quantitative estimate of drug-likeness (QED) is 0.500. The number of hydrogen-bond donors (Lipinski definition) is 1. The van der Waals surface area contributed by atoms with E-state index in [1.807, 2.05) is 60.0 Å². The highest BCUT2D eigenvalue weighted by atomic mass is 32.2. The zero-order valence-electron chi connectivity index (χ0n) is 19.9. The standard InChI is InChI=1S/C27H32N2O3S2/c1-27(2,3)22-11-13-23(14-12-22)34(31,32)29-17-15-21(16-18-29)26(30)28-25(24-10-7-19-33-24)20-8-5-4-6-9-20/h4-14,19,21,25H,15-18H2,1-3H3,(H,28,30). The van der Waals surface area contributed by atoms with Crippen LogP contribution in [-0.4, -0.2) is 31.7 Å². The van der Waals surface area contributed by atoms with Crippen LogP contribution >= 0.6 is 11.3 Å². The molecule has 1 fully saturated rings. The lowest BCUT2D eigenvalue weighted by molar-refractivity contribution is -0.126. The summed E-state index contributed by atoms with van der Waals surface area (Å²) in [6, 6.07) is 20.9. The number of nitrogens with one attached hydrogen (secondary N) is 1. The number of nitrogens with zero attached hydrogens (tertiary/aromatic N) is 1. The molecule has 0 radical (unpaired) electrons. The molecule has 1 aromatic heterocycles. The third kappa shape index (κ3) is 5.43. The van der Waals surface area contributed by atoms with Gasteiger partial charge in [0.15, 0.2) is 0 Å². The smallest absolute Gasteiger partial charge is 0.243 e. The van der Waals surface area contributed by atoms with Gasteiger partial charge in [0.05, 0.1) is 10.9 Å². The molecule has 0 spiro atoms. The van der Waals surface area contributed by atoms with Crippen LogP contribution in [0.15, 0.2) is 77.0 Å². The molecule has 4 rings (SSSR count). The van der Waals surface area contributed by atoms with Crippen LogP contribution in [0.2, 0.25) is 0 Å². The van der Waals surface area contributed by atoms with Gasteiger partial charge in [-0.2, -0.15) is 4.31 Å². The van der Waals surface area contributed by atoms with Gasteiger partial charge in [0.1, 0.15) is 0 Å². The fourth-order valence-corrected chi connectivity index (χ4v) is 6.59. The van der Waals surface area contributed by atoms with Crippen molar-refractivity contribution in [2.24, 2.45) is 5.92 Å². The summed E-state index contributed by atoms with van der Waals surface area (Å²) in [5, 5.41) is 5.22. The van der Waals surface area contributed by atoms with Crippen molar-refractivity contribution >= 4 is 27.3 Å². The molecule has 1 aliphatic rings. The van der Waals surface area contributed by atoms with Crippen molar-refractivity contribution in [3.63, 3.8) is 0 Å². The molecule has 2 aromatic carbocycles. The van der Waals surface area contributed by atoms with E-state index in [1.165, 1.54) is 4.31 Å². The minimum atomic E-state index is -3.57. The van der Waals surface area contributed by atoms with Crippen LogP contribution in [0.25, 0.3) is 0 Å². The average Bonchev–Trinajstić information content (AvgIpc) is 3.37. The average molecular weight is 497 g/mol. The molecule has 1 amide bonds. The first-order valence-corrected chi connectivity index (χ1v) is 14.0. The number of hydrogen-bond acceptors (Lipinski definition) is 4. The van der Waals surface area contributed by atoms with Gasteiger partial charge in [-0.15, -0.1) is 11.3 Å². The number of rotatable bonds is 6. The molecule has 1 unspecified atom stereocenters. The first kappa shape index (κ1) is 24.6. The van der Waals surface area contributed by atoms with Crippen molar-refractivity contribution in [2.75, 3.05) is 13.1 Å². The second-order valence-corrected chi connectivity index (χ2v) is 12.7. The van der Waals surface area contributed by atoms with E-state index in [0.29, 0.717) is 30.8 Å². The first-order valence-electron chi connectivity index (χ1n) is 11.7. The number of carbonyl (C=O) groups is 1. The normalized spacial score (nSPS) is 16.8. The molecule has 7 heteroatoms. The number of piperidine rings is 1. The second-order valence-electron chi connectivity index (χ2n) is 9.82. The second kappa shape index (κ2) is 10.0. The van der Waals surface area contributed by atoms with Gasteiger partial charge in [0.2, 0.25) is 15.9 Å². The van der Waals surface area contributed by atoms with Crippen LogP contribution in [0.4, 0.5) is 0 Å². The van der Waals surface area contributed by atoms with E-state index in [1.54, 1.807) is 23.5 Å². The monoisotopic (exact) mass is 496 g/mol. The Hall–Kier alpha value is -2.48. The highest BCUT2D eigenvalue weighted by Crippen LogP contribution is 2.29. The third-order valence-corrected chi connectivity index (χ3v) is 9.28. The minimum absolute atomic E-state index is 0.0196. The lowest BCUT2D eigenvalue weighted by Crippen LogP contribution is -2.43. The number of benzene rings is 2. The maximum atomic E-state index is 13.2. The van der Waals surface area contributed by atoms with Gasteiger partial charge in [-0.1, -0.05) is 69.3 Å². The largest absolute Gasteiger partial charge is 0.344 e. The summed E-state index contributed by atoms with van der Waals surface area (Å²) in [6.07, 6.45) is 1.02. The summed E-state index contributed by atoms with van der Waals surface area (Å²) in [5.74, 6) is -0.227. The van der Waals surface area contributed by atoms with Gasteiger partial charge in [0.25, 0.3) is 0 Å². The molecular weight excluding hydrogens is 464 g/mol. The molecule has 2 heterocycles. The number of thiophene rings is 1. The molecule has 1 saturated heterocycles. The van der Waals surface area contributed by atoms with Crippen LogP contribution in [0.1, 0.15) is 55.7 Å². The van der Waals surface area contributed by atoms with Crippen molar-refractivity contribution in [1.29, 1.82) is 0 Å². The minimum Gasteiger partial charge on any atom is -0.344 e. The fourth-order valence-electron chi connectivity index (χ4n) is 4.31. The van der Waals surface area contributed by atoms with Gasteiger partial charge >= 0.3 is 0 Å². The van der Waals surface area contributed by atoms with Crippen LogP contribution < -0.4 is 5.32 Å². The van der Waals surface area contributed by atoms with E-state index in [0.717, 1.165) is 16.0 Å². The van der Waals surface area contributed by atoms with Gasteiger partial charge in [-0.3, -0.25) is 4.79 Å². The van der Waals surface area contributed by atoms with E-state index in [2.05, 4.69) is 26.1 Å². The van der Waals surface area contributed by atoms with Gasteiger partial charge < -0.3 is 5.32 Å².